The monoisotopic (exact) mass is 1170 g/mol. The minimum absolute atomic E-state index is 0. The van der Waals surface area contributed by atoms with Crippen LogP contribution in [0.2, 0.25) is 26.2 Å². The Labute approximate surface area is 498 Å². The maximum atomic E-state index is 3.95. The van der Waals surface area contributed by atoms with Crippen molar-refractivity contribution in [2.24, 2.45) is 0 Å². The van der Waals surface area contributed by atoms with Crippen molar-refractivity contribution < 1.29 is 52.4 Å². The molecule has 0 amide bonds. The van der Waals surface area contributed by atoms with E-state index in [9.17, 15) is 0 Å². The molecule has 0 aromatic heterocycles. The van der Waals surface area contributed by atoms with Crippen LogP contribution in [0, 0.1) is 46.5 Å². The summed E-state index contributed by atoms with van der Waals surface area (Å²) in [5, 5.41) is 0. The van der Waals surface area contributed by atoms with E-state index in [4.69, 9.17) is 0 Å². The summed E-state index contributed by atoms with van der Waals surface area (Å²) in [7, 11) is -4.38. The van der Waals surface area contributed by atoms with Gasteiger partial charge < -0.3 is 0 Å². The molecule has 0 heterocycles. The van der Waals surface area contributed by atoms with Crippen LogP contribution in [0.25, 0.3) is 11.1 Å². The van der Waals surface area contributed by atoms with E-state index in [1.807, 2.05) is 158 Å². The molecule has 9 aromatic carbocycles. The second-order valence-electron chi connectivity index (χ2n) is 18.3. The van der Waals surface area contributed by atoms with Crippen molar-refractivity contribution in [1.29, 1.82) is 0 Å². The van der Waals surface area contributed by atoms with Gasteiger partial charge in [-0.1, -0.05) is 150 Å². The van der Waals surface area contributed by atoms with Gasteiger partial charge in [-0.05, 0) is 24.3 Å². The quantitative estimate of drug-likeness (QED) is 0.0495. The number of hydrogen-bond acceptors (Lipinski definition) is 0. The molecule has 0 bridgehead atoms. The SMILES string of the molecule is CCCC(=[C-]c1ccc([C-]=C(CCC)C(=[C-][Si](C)(C)C#Cc2ccccc2)c2ccccc2)cc1)C(=[C-][Si](C)(C)C#Cc1ccccc1)c1ccccc1.[Zr+4].[Zr+4].c1cc[cH-]c1.c1cc[cH-]c1.c1cc[cH-]c1.c1cc[cH-]c1. The third-order valence-electron chi connectivity index (χ3n) is 10.9. The summed E-state index contributed by atoms with van der Waals surface area (Å²) >= 11 is 0. The Hall–Kier alpha value is -6.22. The van der Waals surface area contributed by atoms with Crippen LogP contribution in [-0.4, -0.2) is 16.1 Å². The fourth-order valence-electron chi connectivity index (χ4n) is 7.31. The van der Waals surface area contributed by atoms with Gasteiger partial charge in [-0.15, -0.1) is 35.4 Å². The molecule has 0 saturated heterocycles. The maximum Gasteiger partial charge on any atom is 4.00 e. The van der Waals surface area contributed by atoms with Gasteiger partial charge in [-0.25, -0.2) is 83.2 Å². The summed E-state index contributed by atoms with van der Waals surface area (Å²) in [6.07, 6.45) is 11.4. The van der Waals surface area contributed by atoms with Gasteiger partial charge in [-0.3, -0.25) is 11.1 Å². The molecule has 4 heteroatoms. The first kappa shape index (κ1) is 64.1. The standard InChI is InChI=1S/C52H50Si2.4C5H5.2Zr/c1-7-21-49(51(47-27-17-11-18-28-47)41-53(3,4)37-35-43-23-13-9-14-24-43)39-45-31-33-46(34-32-45)40-50(22-8-2)52(48-29-19-12-20-30-48)42-54(5,6)38-36-44-25-15-10-16-26-44;4*1-2-4-5-3-1;;/h9-20,23-34H,7-8,21-22H2,1-6H3;4*1-5H;;/q-4;4*-1;2*+4. The molecule has 374 valence electrons. The summed E-state index contributed by atoms with van der Waals surface area (Å²) < 4.78 is 0. The van der Waals surface area contributed by atoms with E-state index < -0.39 is 16.1 Å². The zero-order valence-corrected chi connectivity index (χ0v) is 52.1. The molecule has 0 saturated carbocycles. The van der Waals surface area contributed by atoms with Crippen LogP contribution in [0.3, 0.4) is 0 Å². The average Bonchev–Trinajstić information content (AvgIpc) is 4.31. The summed E-state index contributed by atoms with van der Waals surface area (Å²) in [4.78, 5) is 0. The van der Waals surface area contributed by atoms with E-state index >= 15 is 0 Å². The van der Waals surface area contributed by atoms with Gasteiger partial charge in [-0.2, -0.15) is 119 Å². The molecular weight excluding hydrogens is 1100 g/mol. The van der Waals surface area contributed by atoms with Crippen molar-refractivity contribution in [2.45, 2.75) is 65.7 Å². The Morgan fingerprint density at radius 2 is 0.632 bits per heavy atom. The summed E-state index contributed by atoms with van der Waals surface area (Å²) in [6.45, 7) is 13.5. The van der Waals surface area contributed by atoms with Crippen molar-refractivity contribution >= 4 is 27.3 Å². The third kappa shape index (κ3) is 26.0. The molecule has 0 N–H and O–H groups in total. The van der Waals surface area contributed by atoms with Gasteiger partial charge >= 0.3 is 52.4 Å². The van der Waals surface area contributed by atoms with E-state index in [-0.39, 0.29) is 52.4 Å². The first-order chi connectivity index (χ1) is 36.1. The smallest absolute Gasteiger partial charge is 0.262 e. The molecule has 0 aliphatic rings. The van der Waals surface area contributed by atoms with Crippen molar-refractivity contribution in [3.8, 4) is 22.9 Å². The third-order valence-corrected chi connectivity index (χ3v) is 14.1. The van der Waals surface area contributed by atoms with Crippen molar-refractivity contribution in [3.63, 3.8) is 0 Å². The molecule has 0 fully saturated rings. The van der Waals surface area contributed by atoms with Crippen LogP contribution in [-0.2, 0) is 52.4 Å². The molecule has 9 rings (SSSR count). The fraction of sp³-hybridized carbons (Fsp3) is 0.139. The molecule has 0 aliphatic heterocycles. The number of rotatable bonds is 12. The Morgan fingerprint density at radius 3 is 0.868 bits per heavy atom. The second kappa shape index (κ2) is 37.5. The predicted octanol–water partition coefficient (Wildman–Crippen LogP) is 18.5. The van der Waals surface area contributed by atoms with Crippen LogP contribution < -0.4 is 0 Å². The van der Waals surface area contributed by atoms with Gasteiger partial charge in [0, 0.05) is 11.1 Å². The predicted molar refractivity (Wildman–Crippen MR) is 324 cm³/mol. The van der Waals surface area contributed by atoms with Crippen molar-refractivity contribution in [3.05, 3.63) is 335 Å². The number of allylic oxidation sites excluding steroid dienone is 4. The van der Waals surface area contributed by atoms with Gasteiger partial charge in [0.1, 0.15) is 0 Å². The topological polar surface area (TPSA) is 0 Å². The molecule has 76 heavy (non-hydrogen) atoms. The zero-order chi connectivity index (χ0) is 52.4. The molecular formula is C72H70Si2Zr2. The van der Waals surface area contributed by atoms with E-state index in [0.717, 1.165) is 81.4 Å². The van der Waals surface area contributed by atoms with E-state index in [2.05, 4.69) is 196 Å². The Kier molecular flexibility index (Phi) is 31.6. The van der Waals surface area contributed by atoms with Crippen LogP contribution in [0.4, 0.5) is 0 Å². The fourth-order valence-corrected chi connectivity index (χ4v) is 10.2. The molecule has 9 aromatic rings. The summed E-state index contributed by atoms with van der Waals surface area (Å²) in [5.41, 5.74) is 26.2. The Morgan fingerprint density at radius 1 is 0.368 bits per heavy atom. The minimum Gasteiger partial charge on any atom is -0.262 e. The van der Waals surface area contributed by atoms with Crippen LogP contribution >= 0.6 is 0 Å². The van der Waals surface area contributed by atoms with Crippen LogP contribution in [0.5, 0.6) is 0 Å². The molecule has 0 nitrogen and oxygen atoms in total. The first-order valence-corrected chi connectivity index (χ1v) is 31.8. The molecule has 0 atom stereocenters. The maximum absolute atomic E-state index is 3.95. The molecule has 0 spiro atoms. The van der Waals surface area contributed by atoms with Crippen molar-refractivity contribution in [2.75, 3.05) is 0 Å². The largest absolute Gasteiger partial charge is 4.00 e. The zero-order valence-electron chi connectivity index (χ0n) is 45.2. The van der Waals surface area contributed by atoms with Gasteiger partial charge in [0.15, 0.2) is 0 Å². The van der Waals surface area contributed by atoms with E-state index in [1.54, 1.807) is 0 Å². The minimum atomic E-state index is -2.19. The first-order valence-electron chi connectivity index (χ1n) is 25.8. The van der Waals surface area contributed by atoms with Crippen molar-refractivity contribution in [1.82, 2.24) is 0 Å². The van der Waals surface area contributed by atoms with Gasteiger partial charge in [0.25, 0.3) is 0 Å². The number of hydrogen-bond donors (Lipinski definition) is 0. The summed E-state index contributed by atoms with van der Waals surface area (Å²) in [6, 6.07) is 90.4. The second-order valence-corrected chi connectivity index (χ2v) is 25.8. The van der Waals surface area contributed by atoms with E-state index in [1.165, 1.54) is 0 Å². The molecule has 0 aliphatic carbocycles. The Bertz CT molecular complexity index is 2720. The molecule has 0 unspecified atom stereocenters. The Balaban J connectivity index is 0.000000569. The normalized spacial score (nSPS) is 11.1. The summed E-state index contributed by atoms with van der Waals surface area (Å²) in [5.74, 6) is 6.85. The molecule has 0 radical (unpaired) electrons. The van der Waals surface area contributed by atoms with Gasteiger partial charge in [0.2, 0.25) is 0 Å². The van der Waals surface area contributed by atoms with Crippen LogP contribution in [0.1, 0.15) is 72.9 Å². The van der Waals surface area contributed by atoms with E-state index in [0.29, 0.717) is 0 Å². The average molecular weight is 1170 g/mol. The number of benzene rings is 5. The van der Waals surface area contributed by atoms with Crippen LogP contribution in [0.15, 0.2) is 278 Å². The van der Waals surface area contributed by atoms with Gasteiger partial charge in [0.05, 0.1) is 16.1 Å².